The van der Waals surface area contributed by atoms with E-state index in [0.29, 0.717) is 0 Å². The maximum Gasteiger partial charge on any atom is 0.268 e. The summed E-state index contributed by atoms with van der Waals surface area (Å²) in [5.74, 6) is -0.0660. The van der Waals surface area contributed by atoms with Crippen LogP contribution < -0.4 is 5.73 Å². The quantitative estimate of drug-likeness (QED) is 0.200. The molecule has 0 saturated heterocycles. The molecule has 4 nitrogen and oxygen atoms in total. The molecular weight excluding hydrogens is 413 g/mol. The topological polar surface area (TPSA) is 69.4 Å². The van der Waals surface area contributed by atoms with Gasteiger partial charge < -0.3 is 5.73 Å². The van der Waals surface area contributed by atoms with Crippen molar-refractivity contribution in [2.24, 2.45) is 5.73 Å². The van der Waals surface area contributed by atoms with Gasteiger partial charge in [-0.2, -0.15) is 8.42 Å². The Morgan fingerprint density at radius 1 is 0.767 bits per heavy atom. The first kappa shape index (κ1) is 30.3. The third-order valence-electron chi connectivity index (χ3n) is 6.15. The van der Waals surface area contributed by atoms with Crippen LogP contribution in [0.15, 0.2) is 0 Å². The predicted octanol–water partition coefficient (Wildman–Crippen LogP) is 6.83. The van der Waals surface area contributed by atoms with Gasteiger partial charge in [0, 0.05) is 13.8 Å². The largest absolute Gasteiger partial charge is 0.329 e. The van der Waals surface area contributed by atoms with Crippen molar-refractivity contribution in [1.29, 1.82) is 0 Å². The molecule has 1 saturated carbocycles. The van der Waals surface area contributed by atoms with Crippen LogP contribution >= 0.6 is 7.26 Å². The summed E-state index contributed by atoms with van der Waals surface area (Å²) in [5, 5.41) is 0. The molecule has 0 amide bonds. The summed E-state index contributed by atoms with van der Waals surface area (Å²) in [5.41, 5.74) is 5.16. The van der Waals surface area contributed by atoms with Crippen LogP contribution in [-0.2, 0) is 14.3 Å². The third-order valence-corrected chi connectivity index (χ3v) is 12.5. The molecule has 1 aliphatic rings. The first-order valence-corrected chi connectivity index (χ1v) is 16.9. The van der Waals surface area contributed by atoms with Crippen LogP contribution in [-0.4, -0.2) is 51.5 Å². The maximum absolute atomic E-state index is 11.2. The van der Waals surface area contributed by atoms with Gasteiger partial charge >= 0.3 is 0 Å². The molecule has 1 fully saturated rings. The average molecular weight is 467 g/mol. The lowest BCUT2D eigenvalue weighted by Gasteiger charge is -2.28. The molecule has 1 aliphatic carbocycles. The summed E-state index contributed by atoms with van der Waals surface area (Å²) < 4.78 is 27.4. The minimum Gasteiger partial charge on any atom is -0.329 e. The van der Waals surface area contributed by atoms with E-state index in [0.717, 1.165) is 25.7 Å². The highest BCUT2D eigenvalue weighted by atomic mass is 32.2. The first-order chi connectivity index (χ1) is 14.4. The molecular formula is C24H53NO3PS+. The van der Waals surface area contributed by atoms with Gasteiger partial charge in [0.25, 0.3) is 10.1 Å². The molecule has 0 radical (unpaired) electrons. The van der Waals surface area contributed by atoms with E-state index in [4.69, 9.17) is 9.92 Å². The Hall–Kier alpha value is 0.300. The molecule has 0 spiro atoms. The third kappa shape index (κ3) is 15.2. The van der Waals surface area contributed by atoms with E-state index in [1.165, 1.54) is 57.8 Å². The summed E-state index contributed by atoms with van der Waals surface area (Å²) in [6.07, 6.45) is 22.9. The predicted molar refractivity (Wildman–Crippen MR) is 137 cm³/mol. The van der Waals surface area contributed by atoms with Crippen LogP contribution in [0, 0.1) is 0 Å². The average Bonchev–Trinajstić information content (AvgIpc) is 2.73. The molecule has 0 aromatic rings. The summed E-state index contributed by atoms with van der Waals surface area (Å²) in [7, 11) is -3.92. The van der Waals surface area contributed by atoms with Gasteiger partial charge in [-0.3, -0.25) is 4.18 Å². The molecule has 0 unspecified atom stereocenters. The van der Waals surface area contributed by atoms with Gasteiger partial charge in [-0.15, -0.1) is 0 Å². The second kappa shape index (κ2) is 18.8. The number of hydrogen-bond donors (Lipinski definition) is 1. The second-order valence-electron chi connectivity index (χ2n) is 9.06. The molecule has 0 heterocycles. The Balaban J connectivity index is 0.000000579. The lowest BCUT2D eigenvalue weighted by atomic mass is 9.98. The number of rotatable bonds is 16. The fourth-order valence-electron chi connectivity index (χ4n) is 4.21. The van der Waals surface area contributed by atoms with Gasteiger partial charge in [-0.25, -0.2) is 0 Å². The normalized spacial score (nSPS) is 15.6. The molecule has 0 aromatic carbocycles. The van der Waals surface area contributed by atoms with E-state index in [-0.39, 0.29) is 18.4 Å². The van der Waals surface area contributed by atoms with Gasteiger partial charge in [-0.05, 0) is 38.5 Å². The van der Waals surface area contributed by atoms with E-state index >= 15 is 0 Å². The van der Waals surface area contributed by atoms with E-state index in [9.17, 15) is 8.42 Å². The van der Waals surface area contributed by atoms with E-state index in [1.807, 2.05) is 0 Å². The van der Waals surface area contributed by atoms with Gasteiger partial charge in [-0.1, -0.05) is 72.6 Å². The van der Waals surface area contributed by atoms with Gasteiger partial charge in [0.15, 0.2) is 0 Å². The van der Waals surface area contributed by atoms with Crippen molar-refractivity contribution < 1.29 is 12.6 Å². The Morgan fingerprint density at radius 3 is 1.50 bits per heavy atom. The van der Waals surface area contributed by atoms with Gasteiger partial charge in [0.1, 0.15) is 0 Å². The van der Waals surface area contributed by atoms with Crippen LogP contribution in [0.5, 0.6) is 0 Å². The summed E-state index contributed by atoms with van der Waals surface area (Å²) in [4.78, 5) is 0. The number of hydrogen-bond acceptors (Lipinski definition) is 4. The van der Waals surface area contributed by atoms with Crippen molar-refractivity contribution in [3.63, 3.8) is 0 Å². The molecule has 30 heavy (non-hydrogen) atoms. The van der Waals surface area contributed by atoms with Crippen LogP contribution in [0.3, 0.4) is 0 Å². The van der Waals surface area contributed by atoms with Crippen molar-refractivity contribution in [2.75, 3.05) is 36.9 Å². The highest BCUT2D eigenvalue weighted by molar-refractivity contribution is 7.86. The zero-order chi connectivity index (χ0) is 22.7. The smallest absolute Gasteiger partial charge is 0.268 e. The summed E-state index contributed by atoms with van der Waals surface area (Å²) >= 11 is 0. The van der Waals surface area contributed by atoms with Crippen LogP contribution in [0.25, 0.3) is 0 Å². The van der Waals surface area contributed by atoms with E-state index < -0.39 is 17.4 Å². The van der Waals surface area contributed by atoms with E-state index in [2.05, 4.69) is 27.7 Å². The standard InChI is InChI=1S/C16H36P.C8H17NO3S/c1-5-9-13-17(14-10-6-2,15-11-7-3)16-12-8-4;9-6-7-13(10,11)12-8-4-2-1-3-5-8/h5-16H2,1-4H3;8H,1-7,9H2/q+1;. The lowest BCUT2D eigenvalue weighted by Crippen LogP contribution is -2.25. The molecule has 182 valence electrons. The molecule has 0 atom stereocenters. The molecule has 0 aromatic heterocycles. The maximum atomic E-state index is 11.2. The van der Waals surface area contributed by atoms with Crippen molar-refractivity contribution in [3.05, 3.63) is 0 Å². The van der Waals surface area contributed by atoms with Crippen molar-refractivity contribution in [2.45, 2.75) is 117 Å². The van der Waals surface area contributed by atoms with Crippen LogP contribution in [0.2, 0.25) is 0 Å². The van der Waals surface area contributed by atoms with Crippen molar-refractivity contribution >= 4 is 17.4 Å². The monoisotopic (exact) mass is 466 g/mol. The number of unbranched alkanes of at least 4 members (excludes halogenated alkanes) is 4. The van der Waals surface area contributed by atoms with E-state index in [1.54, 1.807) is 24.6 Å². The molecule has 0 bridgehead atoms. The highest BCUT2D eigenvalue weighted by Crippen LogP contribution is 2.61. The Morgan fingerprint density at radius 2 is 1.17 bits per heavy atom. The lowest BCUT2D eigenvalue weighted by molar-refractivity contribution is 0.162. The molecule has 2 N–H and O–H groups in total. The summed E-state index contributed by atoms with van der Waals surface area (Å²) in [6, 6.07) is 0. The molecule has 1 rings (SSSR count). The summed E-state index contributed by atoms with van der Waals surface area (Å²) in [6.45, 7) is 9.56. The fourth-order valence-corrected chi connectivity index (χ4v) is 10.5. The van der Waals surface area contributed by atoms with Crippen LogP contribution in [0.1, 0.15) is 111 Å². The van der Waals surface area contributed by atoms with Gasteiger partial charge in [0.2, 0.25) is 0 Å². The Kier molecular flexibility index (Phi) is 19.0. The molecule has 0 aliphatic heterocycles. The minimum atomic E-state index is -3.36. The SMILES string of the molecule is CCCC[P+](CCCC)(CCCC)CCCC.NCCS(=O)(=O)OC1CCCCC1. The Labute approximate surface area is 190 Å². The fraction of sp³-hybridized carbons (Fsp3) is 1.00. The van der Waals surface area contributed by atoms with Crippen molar-refractivity contribution in [1.82, 2.24) is 0 Å². The first-order valence-electron chi connectivity index (χ1n) is 12.8. The van der Waals surface area contributed by atoms with Crippen LogP contribution in [0.4, 0.5) is 0 Å². The van der Waals surface area contributed by atoms with Gasteiger partial charge in [0.05, 0.1) is 36.5 Å². The number of nitrogens with two attached hydrogens (primary N) is 1. The Bertz CT molecular complexity index is 441. The minimum absolute atomic E-state index is 0.0660. The zero-order valence-electron chi connectivity index (χ0n) is 20.7. The molecule has 6 heteroatoms. The zero-order valence-corrected chi connectivity index (χ0v) is 22.4. The highest BCUT2D eigenvalue weighted by Gasteiger charge is 2.34. The second-order valence-corrected chi connectivity index (χ2v) is 15.2. The van der Waals surface area contributed by atoms with Crippen molar-refractivity contribution in [3.8, 4) is 0 Å².